The molecule has 4 heteroatoms. The topological polar surface area (TPSA) is 37.4 Å². The number of nitrogens with zero attached hydrogens (tertiary/aromatic N) is 2. The molecule has 0 amide bonds. The van der Waals surface area contributed by atoms with Gasteiger partial charge in [-0.25, -0.2) is 0 Å². The standard InChI is InChI=1S/C16H23N3O/c1-2-13(8-17-12-4-5-12)18-14(3-1)9-19-10-15-6-7-16(11-19)20-15/h1-3,12,15-17H,4-11H2. The summed E-state index contributed by atoms with van der Waals surface area (Å²) in [7, 11) is 0. The summed E-state index contributed by atoms with van der Waals surface area (Å²) in [6.07, 6.45) is 6.06. The van der Waals surface area contributed by atoms with Crippen LogP contribution in [0.5, 0.6) is 0 Å². The van der Waals surface area contributed by atoms with Crippen LogP contribution in [0.3, 0.4) is 0 Å². The fraction of sp³-hybridized carbons (Fsp3) is 0.688. The number of rotatable bonds is 5. The number of ether oxygens (including phenoxy) is 1. The van der Waals surface area contributed by atoms with Gasteiger partial charge in [-0.05, 0) is 37.8 Å². The zero-order valence-electron chi connectivity index (χ0n) is 11.9. The monoisotopic (exact) mass is 273 g/mol. The Morgan fingerprint density at radius 2 is 1.85 bits per heavy atom. The Labute approximate surface area is 120 Å². The van der Waals surface area contributed by atoms with E-state index in [1.807, 2.05) is 0 Å². The van der Waals surface area contributed by atoms with Crippen molar-refractivity contribution in [1.82, 2.24) is 15.2 Å². The molecule has 2 unspecified atom stereocenters. The molecule has 1 aromatic rings. The first kappa shape index (κ1) is 12.7. The summed E-state index contributed by atoms with van der Waals surface area (Å²) in [5, 5.41) is 3.53. The molecule has 1 saturated carbocycles. The molecule has 3 fully saturated rings. The number of aromatic nitrogens is 1. The number of pyridine rings is 1. The SMILES string of the molecule is c1cc(CNC2CC2)nc(CN2CC3CCC(C2)O3)c1. The van der Waals surface area contributed by atoms with E-state index in [0.717, 1.165) is 32.2 Å². The Morgan fingerprint density at radius 1 is 1.10 bits per heavy atom. The van der Waals surface area contributed by atoms with Crippen LogP contribution in [0, 0.1) is 0 Å². The first-order valence-electron chi connectivity index (χ1n) is 7.91. The van der Waals surface area contributed by atoms with E-state index in [2.05, 4.69) is 28.4 Å². The van der Waals surface area contributed by atoms with Crippen molar-refractivity contribution in [3.05, 3.63) is 29.6 Å². The van der Waals surface area contributed by atoms with Crippen molar-refractivity contribution >= 4 is 0 Å². The number of morpholine rings is 1. The van der Waals surface area contributed by atoms with Gasteiger partial charge in [0, 0.05) is 32.2 Å². The minimum absolute atomic E-state index is 0.466. The highest BCUT2D eigenvalue weighted by molar-refractivity contribution is 5.12. The summed E-state index contributed by atoms with van der Waals surface area (Å²) in [5.41, 5.74) is 2.37. The van der Waals surface area contributed by atoms with Gasteiger partial charge in [0.05, 0.1) is 23.6 Å². The normalized spacial score (nSPS) is 29.8. The van der Waals surface area contributed by atoms with E-state index in [1.165, 1.54) is 37.1 Å². The molecule has 0 radical (unpaired) electrons. The van der Waals surface area contributed by atoms with Gasteiger partial charge in [0.1, 0.15) is 0 Å². The molecule has 0 spiro atoms. The summed E-state index contributed by atoms with van der Waals surface area (Å²) < 4.78 is 5.89. The second-order valence-corrected chi connectivity index (χ2v) is 6.43. The molecule has 0 aromatic carbocycles. The van der Waals surface area contributed by atoms with Gasteiger partial charge >= 0.3 is 0 Å². The van der Waals surface area contributed by atoms with Crippen LogP contribution in [-0.2, 0) is 17.8 Å². The maximum atomic E-state index is 5.89. The average Bonchev–Trinajstić information content (AvgIpc) is 3.22. The molecule has 2 atom stereocenters. The molecule has 1 N–H and O–H groups in total. The molecule has 3 aliphatic rings. The van der Waals surface area contributed by atoms with E-state index in [1.54, 1.807) is 0 Å². The summed E-state index contributed by atoms with van der Waals surface area (Å²) in [6, 6.07) is 7.16. The third-order valence-corrected chi connectivity index (χ3v) is 4.52. The molecular weight excluding hydrogens is 250 g/mol. The van der Waals surface area contributed by atoms with Crippen LogP contribution in [0.25, 0.3) is 0 Å². The van der Waals surface area contributed by atoms with Gasteiger partial charge in [-0.2, -0.15) is 0 Å². The second kappa shape index (κ2) is 5.43. The van der Waals surface area contributed by atoms with Crippen LogP contribution in [-0.4, -0.2) is 41.2 Å². The Hall–Kier alpha value is -0.970. The summed E-state index contributed by atoms with van der Waals surface area (Å²) in [6.45, 7) is 4.02. The van der Waals surface area contributed by atoms with Gasteiger partial charge in [-0.3, -0.25) is 9.88 Å². The minimum Gasteiger partial charge on any atom is -0.372 e. The molecule has 2 bridgehead atoms. The van der Waals surface area contributed by atoms with Crippen molar-refractivity contribution in [2.75, 3.05) is 13.1 Å². The minimum atomic E-state index is 0.466. The molecule has 2 aliphatic heterocycles. The molecule has 4 rings (SSSR count). The number of nitrogens with one attached hydrogen (secondary N) is 1. The lowest BCUT2D eigenvalue weighted by Gasteiger charge is -2.31. The van der Waals surface area contributed by atoms with Crippen molar-refractivity contribution in [3.63, 3.8) is 0 Å². The molecule has 108 valence electrons. The highest BCUT2D eigenvalue weighted by atomic mass is 16.5. The van der Waals surface area contributed by atoms with E-state index in [4.69, 9.17) is 9.72 Å². The predicted molar refractivity (Wildman–Crippen MR) is 77.3 cm³/mol. The van der Waals surface area contributed by atoms with E-state index in [-0.39, 0.29) is 0 Å². The van der Waals surface area contributed by atoms with Crippen molar-refractivity contribution < 1.29 is 4.74 Å². The molecule has 4 nitrogen and oxygen atoms in total. The van der Waals surface area contributed by atoms with Gasteiger partial charge in [0.15, 0.2) is 0 Å². The van der Waals surface area contributed by atoms with Crippen molar-refractivity contribution in [2.24, 2.45) is 0 Å². The Bertz CT molecular complexity index is 463. The Morgan fingerprint density at radius 3 is 2.60 bits per heavy atom. The van der Waals surface area contributed by atoms with E-state index in [9.17, 15) is 0 Å². The van der Waals surface area contributed by atoms with Gasteiger partial charge in [-0.15, -0.1) is 0 Å². The molecule has 3 heterocycles. The molecule has 20 heavy (non-hydrogen) atoms. The lowest BCUT2D eigenvalue weighted by atomic mass is 10.2. The van der Waals surface area contributed by atoms with Crippen LogP contribution < -0.4 is 5.32 Å². The van der Waals surface area contributed by atoms with E-state index >= 15 is 0 Å². The number of hydrogen-bond donors (Lipinski definition) is 1. The summed E-state index contributed by atoms with van der Waals surface area (Å²) >= 11 is 0. The first-order valence-corrected chi connectivity index (χ1v) is 7.91. The van der Waals surface area contributed by atoms with Gasteiger partial charge in [0.25, 0.3) is 0 Å². The third-order valence-electron chi connectivity index (χ3n) is 4.52. The smallest absolute Gasteiger partial charge is 0.0707 e. The number of hydrogen-bond acceptors (Lipinski definition) is 4. The Kier molecular flexibility index (Phi) is 3.46. The average molecular weight is 273 g/mol. The van der Waals surface area contributed by atoms with Gasteiger partial charge < -0.3 is 10.1 Å². The highest BCUT2D eigenvalue weighted by Gasteiger charge is 2.33. The molecular formula is C16H23N3O. The first-order chi connectivity index (χ1) is 9.85. The Balaban J connectivity index is 1.36. The lowest BCUT2D eigenvalue weighted by Crippen LogP contribution is -2.42. The maximum Gasteiger partial charge on any atom is 0.0707 e. The van der Waals surface area contributed by atoms with E-state index < -0.39 is 0 Å². The molecule has 2 saturated heterocycles. The second-order valence-electron chi connectivity index (χ2n) is 6.43. The fourth-order valence-corrected chi connectivity index (χ4v) is 3.31. The van der Waals surface area contributed by atoms with Gasteiger partial charge in [-0.1, -0.05) is 6.07 Å². The summed E-state index contributed by atoms with van der Waals surface area (Å²) in [4.78, 5) is 7.30. The van der Waals surface area contributed by atoms with Gasteiger partial charge in [0.2, 0.25) is 0 Å². The quantitative estimate of drug-likeness (QED) is 0.886. The molecule has 1 aliphatic carbocycles. The van der Waals surface area contributed by atoms with Crippen molar-refractivity contribution in [1.29, 1.82) is 0 Å². The number of fused-ring (bicyclic) bond motifs is 2. The highest BCUT2D eigenvalue weighted by Crippen LogP contribution is 2.27. The largest absolute Gasteiger partial charge is 0.372 e. The zero-order valence-corrected chi connectivity index (χ0v) is 11.9. The third kappa shape index (κ3) is 3.03. The van der Waals surface area contributed by atoms with Crippen LogP contribution in [0.1, 0.15) is 37.1 Å². The van der Waals surface area contributed by atoms with Crippen molar-refractivity contribution in [2.45, 2.75) is 57.0 Å². The zero-order chi connectivity index (χ0) is 13.4. The lowest BCUT2D eigenvalue weighted by molar-refractivity contribution is -0.0414. The van der Waals surface area contributed by atoms with Crippen molar-refractivity contribution in [3.8, 4) is 0 Å². The number of likely N-dealkylation sites (tertiary alicyclic amines) is 1. The maximum absolute atomic E-state index is 5.89. The van der Waals surface area contributed by atoms with Crippen LogP contribution in [0.4, 0.5) is 0 Å². The summed E-state index contributed by atoms with van der Waals surface area (Å²) in [5.74, 6) is 0. The van der Waals surface area contributed by atoms with Crippen LogP contribution >= 0.6 is 0 Å². The van der Waals surface area contributed by atoms with E-state index in [0.29, 0.717) is 12.2 Å². The molecule has 1 aromatic heterocycles. The van der Waals surface area contributed by atoms with Crippen LogP contribution in [0.2, 0.25) is 0 Å². The van der Waals surface area contributed by atoms with Crippen LogP contribution in [0.15, 0.2) is 18.2 Å². The predicted octanol–water partition coefficient (Wildman–Crippen LogP) is 1.70. The fourth-order valence-electron chi connectivity index (χ4n) is 3.31.